The van der Waals surface area contributed by atoms with Crippen molar-refractivity contribution in [1.82, 2.24) is 0 Å². The third-order valence-corrected chi connectivity index (χ3v) is 3.65. The average molecular weight is 266 g/mol. The number of allylic oxidation sites excluding steroid dienone is 4. The lowest BCUT2D eigenvalue weighted by Gasteiger charge is -2.18. The maximum atomic E-state index is 7.00. The first kappa shape index (κ1) is 17.7. The Morgan fingerprint density at radius 3 is 2.05 bits per heavy atom. The van der Waals surface area contributed by atoms with Gasteiger partial charge in [-0.1, -0.05) is 37.5 Å². The summed E-state index contributed by atoms with van der Waals surface area (Å²) in [6, 6.07) is 0. The van der Waals surface area contributed by atoms with Crippen LogP contribution < -0.4 is 0 Å². The van der Waals surface area contributed by atoms with Crippen LogP contribution >= 0.6 is 0 Å². The minimum Gasteiger partial charge on any atom is -0.474 e. The summed E-state index contributed by atoms with van der Waals surface area (Å²) < 4.78 is 4.36. The van der Waals surface area contributed by atoms with Crippen molar-refractivity contribution in [3.63, 3.8) is 0 Å². The molecule has 3 aliphatic carbocycles. The third kappa shape index (κ3) is 4.69. The lowest BCUT2D eigenvalue weighted by atomic mass is 9.86. The molecule has 0 radical (unpaired) electrons. The van der Waals surface area contributed by atoms with E-state index in [0.717, 1.165) is 37.9 Å². The Hall–Kier alpha value is -1.32. The number of ether oxygens (including phenoxy) is 1. The highest BCUT2D eigenvalue weighted by molar-refractivity contribution is 5.21. The summed E-state index contributed by atoms with van der Waals surface area (Å²) in [6.45, 7) is 6.51. The van der Waals surface area contributed by atoms with Gasteiger partial charge in [0.2, 0.25) is 0 Å². The van der Waals surface area contributed by atoms with Crippen molar-refractivity contribution in [2.75, 3.05) is 14.2 Å². The molecule has 0 aliphatic heterocycles. The van der Waals surface area contributed by atoms with E-state index >= 15 is 0 Å². The Bertz CT molecular complexity index is 301. The van der Waals surface area contributed by atoms with Crippen LogP contribution in [0.5, 0.6) is 0 Å². The van der Waals surface area contributed by atoms with E-state index < -0.39 is 0 Å². The first-order valence-electron chi connectivity index (χ1n) is 6.48. The molecule has 3 rings (SSSR count). The summed E-state index contributed by atoms with van der Waals surface area (Å²) in [5, 5.41) is 14.0. The number of aliphatic hydroxyl groups is 2. The summed E-state index contributed by atoms with van der Waals surface area (Å²) in [7, 11) is 2.00. The summed E-state index contributed by atoms with van der Waals surface area (Å²) in [5.41, 5.74) is 0. The summed E-state index contributed by atoms with van der Waals surface area (Å²) >= 11 is 0. The Balaban J connectivity index is 0.000000313. The van der Waals surface area contributed by atoms with Crippen LogP contribution in [-0.4, -0.2) is 24.4 Å². The normalized spacial score (nSPS) is 30.7. The molecule has 1 fully saturated rings. The van der Waals surface area contributed by atoms with Crippen molar-refractivity contribution in [3.05, 3.63) is 50.0 Å². The van der Waals surface area contributed by atoms with E-state index in [1.165, 1.54) is 25.4 Å². The highest BCUT2D eigenvalue weighted by Crippen LogP contribution is 2.52. The topological polar surface area (TPSA) is 49.7 Å². The van der Waals surface area contributed by atoms with E-state index in [1.807, 2.05) is 0 Å². The molecule has 0 amide bonds. The maximum Gasteiger partial charge on any atom is 0.0829 e. The highest BCUT2D eigenvalue weighted by atomic mass is 16.5. The van der Waals surface area contributed by atoms with Gasteiger partial charge in [-0.15, -0.1) is 0 Å². The van der Waals surface area contributed by atoms with E-state index in [4.69, 9.17) is 10.2 Å². The molecule has 2 N–H and O–H groups in total. The van der Waals surface area contributed by atoms with Crippen molar-refractivity contribution >= 4 is 0 Å². The predicted octanol–water partition coefficient (Wildman–Crippen LogP) is 2.89. The van der Waals surface area contributed by atoms with Gasteiger partial charge in [0.05, 0.1) is 12.5 Å². The minimum atomic E-state index is 0.925. The van der Waals surface area contributed by atoms with Gasteiger partial charge in [-0.25, -0.2) is 0 Å². The van der Waals surface area contributed by atoms with Crippen LogP contribution in [0.4, 0.5) is 0 Å². The number of hydrogen-bond acceptors (Lipinski definition) is 3. The van der Waals surface area contributed by atoms with Crippen molar-refractivity contribution in [1.29, 1.82) is 0 Å². The first-order valence-corrected chi connectivity index (χ1v) is 6.48. The molecular formula is C16H26O3. The number of hydrogen-bond donors (Lipinski definition) is 2. The Kier molecular flexibility index (Phi) is 9.85. The summed E-state index contributed by atoms with van der Waals surface area (Å²) in [5.74, 6) is 3.82. The molecule has 0 aromatic carbocycles. The van der Waals surface area contributed by atoms with Gasteiger partial charge in [0, 0.05) is 14.2 Å². The molecule has 3 heteroatoms. The van der Waals surface area contributed by atoms with Crippen molar-refractivity contribution in [3.8, 4) is 0 Å². The largest absolute Gasteiger partial charge is 0.474 e. The SMILES string of the molecule is C1=CC2C3C=CC(C3)C2C1.C=COC=C.CO.CO. The number of aliphatic hydroxyl groups excluding tert-OH is 2. The van der Waals surface area contributed by atoms with Crippen LogP contribution in [0.3, 0.4) is 0 Å². The lowest BCUT2D eigenvalue weighted by molar-refractivity contribution is 0.398. The number of rotatable bonds is 2. The van der Waals surface area contributed by atoms with Crippen LogP contribution in [0.15, 0.2) is 50.0 Å². The van der Waals surface area contributed by atoms with Gasteiger partial charge in [-0.2, -0.15) is 0 Å². The average Bonchev–Trinajstić information content (AvgIpc) is 3.19. The lowest BCUT2D eigenvalue weighted by Crippen LogP contribution is -2.12. The summed E-state index contributed by atoms with van der Waals surface area (Å²) in [6.07, 6.45) is 15.1. The van der Waals surface area contributed by atoms with Gasteiger partial charge in [0.15, 0.2) is 0 Å². The maximum absolute atomic E-state index is 7.00. The second kappa shape index (κ2) is 10.6. The van der Waals surface area contributed by atoms with Gasteiger partial charge in [0.25, 0.3) is 0 Å². The zero-order valence-electron chi connectivity index (χ0n) is 11.9. The fraction of sp³-hybridized carbons (Fsp3) is 0.500. The molecule has 0 saturated heterocycles. The molecule has 4 atom stereocenters. The molecule has 19 heavy (non-hydrogen) atoms. The molecule has 4 unspecified atom stereocenters. The molecule has 0 spiro atoms. The molecule has 3 nitrogen and oxygen atoms in total. The molecule has 1 saturated carbocycles. The first-order chi connectivity index (χ1) is 9.36. The third-order valence-electron chi connectivity index (χ3n) is 3.65. The molecule has 3 aliphatic rings. The monoisotopic (exact) mass is 266 g/mol. The summed E-state index contributed by atoms with van der Waals surface area (Å²) in [4.78, 5) is 0. The van der Waals surface area contributed by atoms with Crippen molar-refractivity contribution in [2.45, 2.75) is 12.8 Å². The fourth-order valence-corrected chi connectivity index (χ4v) is 3.04. The molecule has 0 aromatic heterocycles. The fourth-order valence-electron chi connectivity index (χ4n) is 3.04. The smallest absolute Gasteiger partial charge is 0.0829 e. The van der Waals surface area contributed by atoms with Gasteiger partial charge >= 0.3 is 0 Å². The molecular weight excluding hydrogens is 240 g/mol. The minimum absolute atomic E-state index is 0.925. The Morgan fingerprint density at radius 2 is 1.58 bits per heavy atom. The van der Waals surface area contributed by atoms with E-state index in [1.54, 1.807) is 0 Å². The van der Waals surface area contributed by atoms with Gasteiger partial charge in [0.1, 0.15) is 0 Å². The Labute approximate surface area is 116 Å². The van der Waals surface area contributed by atoms with E-state index in [-0.39, 0.29) is 0 Å². The highest BCUT2D eigenvalue weighted by Gasteiger charge is 2.44. The zero-order chi connectivity index (χ0) is 14.7. The standard InChI is InChI=1S/C10H12.C4H6O.2CH4O/c1-2-9-7-4-5-8(6-7)10(9)3-1;1-3-5-4-2;2*1-2/h1-2,4-5,7-10H,3,6H2;3-4H,1-2H2;2*2H,1H3. The van der Waals surface area contributed by atoms with Crippen LogP contribution in [0.2, 0.25) is 0 Å². The molecule has 0 aromatic rings. The van der Waals surface area contributed by atoms with Gasteiger partial charge in [-0.05, 0) is 36.5 Å². The van der Waals surface area contributed by atoms with E-state index in [2.05, 4.69) is 42.2 Å². The van der Waals surface area contributed by atoms with Crippen LogP contribution in [0.25, 0.3) is 0 Å². The van der Waals surface area contributed by atoms with E-state index in [9.17, 15) is 0 Å². The zero-order valence-corrected chi connectivity index (χ0v) is 11.9. The second-order valence-corrected chi connectivity index (χ2v) is 4.32. The van der Waals surface area contributed by atoms with Gasteiger partial charge < -0.3 is 14.9 Å². The predicted molar refractivity (Wildman–Crippen MR) is 79.2 cm³/mol. The number of fused-ring (bicyclic) bond motifs is 5. The quantitative estimate of drug-likeness (QED) is 0.597. The Morgan fingerprint density at radius 1 is 1.00 bits per heavy atom. The van der Waals surface area contributed by atoms with Crippen LogP contribution in [0, 0.1) is 23.7 Å². The van der Waals surface area contributed by atoms with Crippen LogP contribution in [-0.2, 0) is 4.74 Å². The van der Waals surface area contributed by atoms with Crippen LogP contribution in [0.1, 0.15) is 12.8 Å². The molecule has 0 heterocycles. The van der Waals surface area contributed by atoms with Crippen molar-refractivity contribution in [2.24, 2.45) is 23.7 Å². The van der Waals surface area contributed by atoms with E-state index in [0.29, 0.717) is 0 Å². The molecule has 2 bridgehead atoms. The van der Waals surface area contributed by atoms with Gasteiger partial charge in [-0.3, -0.25) is 0 Å². The van der Waals surface area contributed by atoms with Crippen molar-refractivity contribution < 1.29 is 14.9 Å². The second-order valence-electron chi connectivity index (χ2n) is 4.32. The molecule has 108 valence electrons.